The second kappa shape index (κ2) is 43.5. The third-order valence-electron chi connectivity index (χ3n) is 9.69. The molecule has 0 amide bonds. The second-order valence-corrected chi connectivity index (χ2v) is 14.9. The van der Waals surface area contributed by atoms with Crippen molar-refractivity contribution in [3.63, 3.8) is 0 Å². The minimum atomic E-state index is -0.539. The van der Waals surface area contributed by atoms with Crippen LogP contribution in [0.1, 0.15) is 226 Å². The molecule has 1 atom stereocenters. The molecule has 1 unspecified atom stereocenters. The summed E-state index contributed by atoms with van der Waals surface area (Å²) in [4.78, 5) is 25.2. The number of carbonyl (C=O) groups excluding carboxylic acids is 2. The molecule has 0 aliphatic rings. The average molecular weight is 731 g/mol. The first-order valence-electron chi connectivity index (χ1n) is 22.5. The van der Waals surface area contributed by atoms with Gasteiger partial charge in [0.05, 0.1) is 6.61 Å². The van der Waals surface area contributed by atoms with Crippen LogP contribution in [0.5, 0.6) is 0 Å². The molecule has 0 aromatic rings. The molecule has 0 saturated heterocycles. The minimum absolute atomic E-state index is 0.0751. The maximum absolute atomic E-state index is 12.7. The van der Waals surface area contributed by atoms with Crippen LogP contribution in [0.4, 0.5) is 0 Å². The van der Waals surface area contributed by atoms with Crippen molar-refractivity contribution in [1.82, 2.24) is 0 Å². The van der Waals surface area contributed by atoms with Gasteiger partial charge in [0.2, 0.25) is 0 Å². The lowest BCUT2D eigenvalue weighted by atomic mass is 10.0. The maximum atomic E-state index is 12.7. The molecule has 0 aliphatic heterocycles. The number of hydrogen-bond acceptors (Lipinski definition) is 5. The predicted molar refractivity (Wildman–Crippen MR) is 224 cm³/mol. The Morgan fingerprint density at radius 1 is 0.442 bits per heavy atom. The molecule has 0 radical (unpaired) electrons. The summed E-state index contributed by atoms with van der Waals surface area (Å²) in [5, 5.41) is 0. The number of ether oxygens (including phenoxy) is 3. The van der Waals surface area contributed by atoms with E-state index in [1.807, 2.05) is 0 Å². The Morgan fingerprint density at radius 2 is 0.865 bits per heavy atom. The van der Waals surface area contributed by atoms with Gasteiger partial charge in [-0.05, 0) is 51.4 Å². The van der Waals surface area contributed by atoms with E-state index in [0.717, 1.165) is 70.6 Å². The Labute approximate surface area is 323 Å². The van der Waals surface area contributed by atoms with E-state index in [1.165, 1.54) is 122 Å². The van der Waals surface area contributed by atoms with Gasteiger partial charge in [0.25, 0.3) is 0 Å². The van der Waals surface area contributed by atoms with Crippen LogP contribution >= 0.6 is 0 Å². The molecule has 52 heavy (non-hydrogen) atoms. The van der Waals surface area contributed by atoms with Crippen LogP contribution in [-0.4, -0.2) is 37.9 Å². The topological polar surface area (TPSA) is 61.8 Å². The molecule has 0 rings (SSSR count). The summed E-state index contributed by atoms with van der Waals surface area (Å²) in [6.45, 7) is 7.70. The van der Waals surface area contributed by atoms with Gasteiger partial charge in [-0.25, -0.2) is 0 Å². The van der Waals surface area contributed by atoms with Crippen molar-refractivity contribution in [2.75, 3.05) is 19.8 Å². The lowest BCUT2D eigenvalue weighted by Gasteiger charge is -2.18. The first kappa shape index (κ1) is 50.1. The highest BCUT2D eigenvalue weighted by Gasteiger charge is 2.17. The lowest BCUT2D eigenvalue weighted by molar-refractivity contribution is -0.163. The van der Waals surface area contributed by atoms with Gasteiger partial charge in [-0.15, -0.1) is 0 Å². The highest BCUT2D eigenvalue weighted by atomic mass is 16.6. The molecule has 5 nitrogen and oxygen atoms in total. The summed E-state index contributed by atoms with van der Waals surface area (Å²) in [7, 11) is 0. The molecule has 5 heteroatoms. The van der Waals surface area contributed by atoms with Crippen LogP contribution in [0.15, 0.2) is 36.5 Å². The van der Waals surface area contributed by atoms with E-state index in [0.29, 0.717) is 19.4 Å². The standard InChI is InChI=1S/C47H86O5/c1-4-7-10-13-16-19-22-24-26-28-31-34-37-40-46(48)51-44-45(43-50-42-39-36-33-30-21-18-15-12-9-6-3)52-47(49)41-38-35-32-29-27-25-23-20-17-14-11-8-5-2/h7,10,16,19,24,26,45H,4-6,8-9,11-15,17-18,20-23,25,27-44H2,1-3H3/b10-7-,19-16-,26-24-. The highest BCUT2D eigenvalue weighted by Crippen LogP contribution is 2.14. The zero-order valence-electron chi connectivity index (χ0n) is 34.8. The summed E-state index contributed by atoms with van der Waals surface area (Å²) in [5.74, 6) is -0.423. The molecule has 0 aromatic carbocycles. The number of rotatable bonds is 41. The van der Waals surface area contributed by atoms with Crippen molar-refractivity contribution in [3.8, 4) is 0 Å². The van der Waals surface area contributed by atoms with E-state index in [2.05, 4.69) is 57.2 Å². The van der Waals surface area contributed by atoms with Crippen molar-refractivity contribution < 1.29 is 23.8 Å². The minimum Gasteiger partial charge on any atom is -0.462 e. The first-order chi connectivity index (χ1) is 25.6. The van der Waals surface area contributed by atoms with Crippen molar-refractivity contribution in [1.29, 1.82) is 0 Å². The highest BCUT2D eigenvalue weighted by molar-refractivity contribution is 5.70. The van der Waals surface area contributed by atoms with E-state index in [1.54, 1.807) is 0 Å². The van der Waals surface area contributed by atoms with Crippen molar-refractivity contribution in [2.24, 2.45) is 0 Å². The molecule has 304 valence electrons. The predicted octanol–water partition coefficient (Wildman–Crippen LogP) is 14.7. The largest absolute Gasteiger partial charge is 0.462 e. The third-order valence-corrected chi connectivity index (χ3v) is 9.69. The van der Waals surface area contributed by atoms with Gasteiger partial charge in [-0.1, -0.05) is 198 Å². The average Bonchev–Trinajstić information content (AvgIpc) is 3.14. The molecule has 0 spiro atoms. The molecule has 0 heterocycles. The Kier molecular flexibility index (Phi) is 42.0. The van der Waals surface area contributed by atoms with Crippen LogP contribution in [0.25, 0.3) is 0 Å². The monoisotopic (exact) mass is 731 g/mol. The van der Waals surface area contributed by atoms with Crippen LogP contribution in [0.2, 0.25) is 0 Å². The molecule has 0 aromatic heterocycles. The molecule has 0 bridgehead atoms. The van der Waals surface area contributed by atoms with Gasteiger partial charge in [0.1, 0.15) is 6.61 Å². The number of allylic oxidation sites excluding steroid dienone is 6. The van der Waals surface area contributed by atoms with Gasteiger partial charge in [-0.2, -0.15) is 0 Å². The van der Waals surface area contributed by atoms with Crippen molar-refractivity contribution in [3.05, 3.63) is 36.5 Å². The van der Waals surface area contributed by atoms with Crippen LogP contribution in [0, 0.1) is 0 Å². The maximum Gasteiger partial charge on any atom is 0.306 e. The summed E-state index contributed by atoms with van der Waals surface area (Å²) in [6.07, 6.45) is 49.9. The Hall–Kier alpha value is -1.88. The van der Waals surface area contributed by atoms with E-state index in [9.17, 15) is 9.59 Å². The zero-order chi connectivity index (χ0) is 37.8. The van der Waals surface area contributed by atoms with Gasteiger partial charge < -0.3 is 14.2 Å². The fraction of sp³-hybridized carbons (Fsp3) is 0.830. The van der Waals surface area contributed by atoms with E-state index < -0.39 is 6.10 Å². The Bertz CT molecular complexity index is 832. The van der Waals surface area contributed by atoms with Crippen LogP contribution < -0.4 is 0 Å². The number of hydrogen-bond donors (Lipinski definition) is 0. The smallest absolute Gasteiger partial charge is 0.306 e. The van der Waals surface area contributed by atoms with Gasteiger partial charge >= 0.3 is 11.9 Å². The summed E-state index contributed by atoms with van der Waals surface area (Å²) >= 11 is 0. The first-order valence-corrected chi connectivity index (χ1v) is 22.5. The normalized spacial score (nSPS) is 12.4. The fourth-order valence-corrected chi connectivity index (χ4v) is 6.35. The fourth-order valence-electron chi connectivity index (χ4n) is 6.35. The molecule has 0 fully saturated rings. The van der Waals surface area contributed by atoms with Crippen LogP contribution in [-0.2, 0) is 23.8 Å². The molecular formula is C47H86O5. The third kappa shape index (κ3) is 40.9. The van der Waals surface area contributed by atoms with Gasteiger partial charge in [0, 0.05) is 19.4 Å². The van der Waals surface area contributed by atoms with E-state index in [-0.39, 0.29) is 25.2 Å². The summed E-state index contributed by atoms with van der Waals surface area (Å²) in [5.41, 5.74) is 0. The molecular weight excluding hydrogens is 645 g/mol. The lowest BCUT2D eigenvalue weighted by Crippen LogP contribution is -2.30. The van der Waals surface area contributed by atoms with Gasteiger partial charge in [0.15, 0.2) is 6.10 Å². The van der Waals surface area contributed by atoms with Crippen molar-refractivity contribution in [2.45, 2.75) is 232 Å². The van der Waals surface area contributed by atoms with Crippen molar-refractivity contribution >= 4 is 11.9 Å². The summed E-state index contributed by atoms with van der Waals surface area (Å²) < 4.78 is 17.3. The second-order valence-electron chi connectivity index (χ2n) is 14.9. The number of carbonyl (C=O) groups is 2. The Balaban J connectivity index is 4.26. The Morgan fingerprint density at radius 3 is 1.38 bits per heavy atom. The molecule has 0 N–H and O–H groups in total. The number of esters is 2. The zero-order valence-corrected chi connectivity index (χ0v) is 34.8. The van der Waals surface area contributed by atoms with Gasteiger partial charge in [-0.3, -0.25) is 9.59 Å². The SMILES string of the molecule is CC/C=C\C/C=C\C/C=C\CCCCCC(=O)OCC(COCCCCCCCCCCCC)OC(=O)CCCCCCCCCCCCCCC. The number of unbranched alkanes of at least 4 members (excludes halogenated alkanes) is 24. The molecule has 0 aliphatic carbocycles. The quantitative estimate of drug-likeness (QED) is 0.0356. The molecule has 0 saturated carbocycles. The van der Waals surface area contributed by atoms with E-state index in [4.69, 9.17) is 14.2 Å². The summed E-state index contributed by atoms with van der Waals surface area (Å²) in [6, 6.07) is 0. The van der Waals surface area contributed by atoms with Crippen LogP contribution in [0.3, 0.4) is 0 Å². The van der Waals surface area contributed by atoms with E-state index >= 15 is 0 Å².